The highest BCUT2D eigenvalue weighted by Crippen LogP contribution is 2.29. The number of rotatable bonds is 10. The van der Waals surface area contributed by atoms with Crippen LogP contribution in [0.25, 0.3) is 0 Å². The van der Waals surface area contributed by atoms with Crippen molar-refractivity contribution >= 4 is 52.4 Å². The lowest BCUT2D eigenvalue weighted by atomic mass is 10.1. The van der Waals surface area contributed by atoms with E-state index in [-0.39, 0.29) is 30.0 Å². The number of esters is 1. The number of nitrogens with one attached hydrogen (secondary N) is 1. The predicted octanol–water partition coefficient (Wildman–Crippen LogP) is 5.85. The van der Waals surface area contributed by atoms with Gasteiger partial charge in [0.2, 0.25) is 11.7 Å². The van der Waals surface area contributed by atoms with Crippen LogP contribution < -0.4 is 5.32 Å². The van der Waals surface area contributed by atoms with Gasteiger partial charge in [0, 0.05) is 44.1 Å². The van der Waals surface area contributed by atoms with E-state index in [1.807, 2.05) is 36.4 Å². The molecule has 0 radical (unpaired) electrons. The molecule has 1 N–H and O–H groups in total. The molecule has 0 atom stereocenters. The Labute approximate surface area is 210 Å². The number of ether oxygens (including phenoxy) is 1. The standard InChI is InChI=1S/C25H21ClN2O6S/c1-16-2-3-17(14-22(16)28(32)33)23(29)15-34-25(31)13-12-24(30)27-19-6-10-21(11-7-19)35-20-8-4-18(26)5-9-20/h2-11,14H,12-13,15H2,1H3,(H,27,30). The Morgan fingerprint density at radius 1 is 0.971 bits per heavy atom. The Morgan fingerprint density at radius 3 is 2.23 bits per heavy atom. The number of hydrogen-bond acceptors (Lipinski definition) is 7. The van der Waals surface area contributed by atoms with Crippen molar-refractivity contribution in [3.63, 3.8) is 0 Å². The molecule has 8 nitrogen and oxygen atoms in total. The summed E-state index contributed by atoms with van der Waals surface area (Å²) in [6.45, 7) is 1.000. The molecule has 0 unspecified atom stereocenters. The van der Waals surface area contributed by atoms with Gasteiger partial charge in [0.1, 0.15) is 0 Å². The monoisotopic (exact) mass is 512 g/mol. The van der Waals surface area contributed by atoms with E-state index in [1.54, 1.807) is 30.8 Å². The number of halogens is 1. The number of nitrogens with zero attached hydrogens (tertiary/aromatic N) is 1. The predicted molar refractivity (Wildman–Crippen MR) is 133 cm³/mol. The topological polar surface area (TPSA) is 116 Å². The summed E-state index contributed by atoms with van der Waals surface area (Å²) in [4.78, 5) is 48.7. The Kier molecular flexibility index (Phi) is 8.99. The lowest BCUT2D eigenvalue weighted by molar-refractivity contribution is -0.385. The number of amides is 1. The molecule has 3 aromatic rings. The van der Waals surface area contributed by atoms with E-state index in [9.17, 15) is 24.5 Å². The number of hydrogen-bond donors (Lipinski definition) is 1. The number of benzene rings is 3. The van der Waals surface area contributed by atoms with E-state index in [0.717, 1.165) is 15.9 Å². The van der Waals surface area contributed by atoms with Crippen LogP contribution in [0.1, 0.15) is 28.8 Å². The van der Waals surface area contributed by atoms with Crippen molar-refractivity contribution in [3.8, 4) is 0 Å². The Bertz CT molecular complexity index is 1250. The molecule has 0 saturated heterocycles. The average Bonchev–Trinajstić information content (AvgIpc) is 2.84. The van der Waals surface area contributed by atoms with Crippen LogP contribution in [0.2, 0.25) is 5.02 Å². The van der Waals surface area contributed by atoms with Gasteiger partial charge in [0.25, 0.3) is 5.69 Å². The van der Waals surface area contributed by atoms with Crippen LogP contribution in [0.15, 0.2) is 76.5 Å². The number of carbonyl (C=O) groups excluding carboxylic acids is 3. The third-order valence-electron chi connectivity index (χ3n) is 4.84. The van der Waals surface area contributed by atoms with Crippen LogP contribution in [0, 0.1) is 17.0 Å². The van der Waals surface area contributed by atoms with Gasteiger partial charge in [-0.1, -0.05) is 35.5 Å². The van der Waals surface area contributed by atoms with Crippen molar-refractivity contribution in [1.29, 1.82) is 0 Å². The Morgan fingerprint density at radius 2 is 1.60 bits per heavy atom. The fourth-order valence-electron chi connectivity index (χ4n) is 2.97. The molecule has 10 heteroatoms. The molecule has 0 bridgehead atoms. The van der Waals surface area contributed by atoms with Crippen molar-refractivity contribution in [3.05, 3.63) is 93.0 Å². The van der Waals surface area contributed by atoms with Crippen molar-refractivity contribution in [2.45, 2.75) is 29.6 Å². The van der Waals surface area contributed by atoms with Crippen LogP contribution in [0.3, 0.4) is 0 Å². The fraction of sp³-hybridized carbons (Fsp3) is 0.160. The molecule has 0 fully saturated rings. The van der Waals surface area contributed by atoms with Gasteiger partial charge < -0.3 is 10.1 Å². The molecule has 3 rings (SSSR count). The molecule has 35 heavy (non-hydrogen) atoms. The summed E-state index contributed by atoms with van der Waals surface area (Å²) in [6, 6.07) is 18.8. The summed E-state index contributed by atoms with van der Waals surface area (Å²) in [5, 5.41) is 14.4. The molecule has 0 saturated carbocycles. The molecular weight excluding hydrogens is 492 g/mol. The number of nitro groups is 1. The number of nitro benzene ring substituents is 1. The highest BCUT2D eigenvalue weighted by atomic mass is 35.5. The Hall–Kier alpha value is -3.69. The summed E-state index contributed by atoms with van der Waals surface area (Å²) in [7, 11) is 0. The zero-order chi connectivity index (χ0) is 25.4. The number of Topliss-reactive ketones (excluding diaryl/α,β-unsaturated/α-hetero) is 1. The number of aryl methyl sites for hydroxylation is 1. The van der Waals surface area contributed by atoms with Gasteiger partial charge in [-0.05, 0) is 55.5 Å². The molecule has 0 heterocycles. The highest BCUT2D eigenvalue weighted by Gasteiger charge is 2.17. The van der Waals surface area contributed by atoms with E-state index in [1.165, 1.54) is 12.1 Å². The maximum absolute atomic E-state index is 12.2. The largest absolute Gasteiger partial charge is 0.457 e. The maximum atomic E-state index is 12.2. The molecule has 180 valence electrons. The van der Waals surface area contributed by atoms with Crippen molar-refractivity contribution < 1.29 is 24.0 Å². The molecule has 0 aliphatic heterocycles. The second kappa shape index (κ2) is 12.1. The Balaban J connectivity index is 1.42. The van der Waals surface area contributed by atoms with Crippen LogP contribution >= 0.6 is 23.4 Å². The summed E-state index contributed by atoms with van der Waals surface area (Å²) < 4.78 is 4.92. The second-order valence-corrected chi connectivity index (χ2v) is 9.05. The van der Waals surface area contributed by atoms with Gasteiger partial charge in [-0.3, -0.25) is 24.5 Å². The minimum absolute atomic E-state index is 0.0746. The van der Waals surface area contributed by atoms with E-state index >= 15 is 0 Å². The highest BCUT2D eigenvalue weighted by molar-refractivity contribution is 7.99. The van der Waals surface area contributed by atoms with Gasteiger partial charge >= 0.3 is 5.97 Å². The molecule has 1 amide bonds. The van der Waals surface area contributed by atoms with Crippen LogP contribution in [0.5, 0.6) is 0 Å². The number of carbonyl (C=O) groups is 3. The second-order valence-electron chi connectivity index (χ2n) is 7.47. The van der Waals surface area contributed by atoms with Crippen molar-refractivity contribution in [1.82, 2.24) is 0 Å². The smallest absolute Gasteiger partial charge is 0.306 e. The van der Waals surface area contributed by atoms with Crippen molar-refractivity contribution in [2.75, 3.05) is 11.9 Å². The molecule has 3 aromatic carbocycles. The first-order chi connectivity index (χ1) is 16.7. The first kappa shape index (κ1) is 25.9. The molecule has 0 aliphatic carbocycles. The summed E-state index contributed by atoms with van der Waals surface area (Å²) in [6.07, 6.45) is -0.331. The van der Waals surface area contributed by atoms with E-state index in [4.69, 9.17) is 16.3 Å². The maximum Gasteiger partial charge on any atom is 0.306 e. The fourth-order valence-corrected chi connectivity index (χ4v) is 3.91. The first-order valence-electron chi connectivity index (χ1n) is 10.5. The van der Waals surface area contributed by atoms with E-state index in [0.29, 0.717) is 16.3 Å². The van der Waals surface area contributed by atoms with Crippen molar-refractivity contribution in [2.24, 2.45) is 0 Å². The first-order valence-corrected chi connectivity index (χ1v) is 11.7. The summed E-state index contributed by atoms with van der Waals surface area (Å²) in [5.74, 6) is -1.66. The summed E-state index contributed by atoms with van der Waals surface area (Å²) >= 11 is 7.44. The zero-order valence-electron chi connectivity index (χ0n) is 18.7. The minimum atomic E-state index is -0.718. The van der Waals surface area contributed by atoms with E-state index < -0.39 is 23.3 Å². The molecule has 0 spiro atoms. The average molecular weight is 513 g/mol. The zero-order valence-corrected chi connectivity index (χ0v) is 20.2. The van der Waals surface area contributed by atoms with Gasteiger partial charge in [-0.15, -0.1) is 0 Å². The van der Waals surface area contributed by atoms with Gasteiger partial charge in [0.15, 0.2) is 6.61 Å². The normalized spacial score (nSPS) is 10.5. The van der Waals surface area contributed by atoms with E-state index in [2.05, 4.69) is 5.32 Å². The van der Waals surface area contributed by atoms with Crippen LogP contribution in [0.4, 0.5) is 11.4 Å². The number of anilines is 1. The minimum Gasteiger partial charge on any atom is -0.457 e. The SMILES string of the molecule is Cc1ccc(C(=O)COC(=O)CCC(=O)Nc2ccc(Sc3ccc(Cl)cc3)cc2)cc1[N+](=O)[O-]. The quantitative estimate of drug-likeness (QED) is 0.157. The summed E-state index contributed by atoms with van der Waals surface area (Å²) in [5.41, 5.74) is 0.894. The lowest BCUT2D eigenvalue weighted by Crippen LogP contribution is -2.17. The molecule has 0 aliphatic rings. The van der Waals surface area contributed by atoms with Crippen LogP contribution in [-0.4, -0.2) is 29.2 Å². The molecular formula is C25H21ClN2O6S. The third-order valence-corrected chi connectivity index (χ3v) is 6.10. The lowest BCUT2D eigenvalue weighted by Gasteiger charge is -2.07. The van der Waals surface area contributed by atoms with Gasteiger partial charge in [0.05, 0.1) is 11.3 Å². The third kappa shape index (κ3) is 7.94. The van der Waals surface area contributed by atoms with Crippen LogP contribution in [-0.2, 0) is 14.3 Å². The van der Waals surface area contributed by atoms with Gasteiger partial charge in [-0.25, -0.2) is 0 Å². The molecule has 0 aromatic heterocycles. The number of ketones is 1. The van der Waals surface area contributed by atoms with Gasteiger partial charge in [-0.2, -0.15) is 0 Å².